The minimum atomic E-state index is 0.331. The molecule has 0 fully saturated rings. The molecule has 0 spiro atoms. The van der Waals surface area contributed by atoms with Crippen molar-refractivity contribution in [1.29, 1.82) is 0 Å². The smallest absolute Gasteiger partial charge is 0.193 e. The van der Waals surface area contributed by atoms with Gasteiger partial charge in [0.1, 0.15) is 15.8 Å². The van der Waals surface area contributed by atoms with Gasteiger partial charge in [-0.05, 0) is 25.1 Å². The van der Waals surface area contributed by atoms with Crippen LogP contribution in [-0.4, -0.2) is 29.8 Å². The summed E-state index contributed by atoms with van der Waals surface area (Å²) in [6.07, 6.45) is 0.719. The van der Waals surface area contributed by atoms with E-state index in [2.05, 4.69) is 20.5 Å². The van der Waals surface area contributed by atoms with Crippen LogP contribution >= 0.6 is 22.9 Å². The number of hydrogen-bond donors (Lipinski definition) is 2. The van der Waals surface area contributed by atoms with Crippen molar-refractivity contribution < 1.29 is 4.74 Å². The van der Waals surface area contributed by atoms with E-state index in [-0.39, 0.29) is 0 Å². The van der Waals surface area contributed by atoms with Gasteiger partial charge in [-0.1, -0.05) is 11.6 Å². The molecule has 0 bridgehead atoms. The Morgan fingerprint density at radius 1 is 1.48 bits per heavy atom. The van der Waals surface area contributed by atoms with Crippen molar-refractivity contribution in [2.45, 2.75) is 13.3 Å². The molecular weight excluding hydrogens is 310 g/mol. The number of halogens is 1. The highest BCUT2D eigenvalue weighted by molar-refractivity contribution is 7.11. The number of nitrogens with two attached hydrogens (primary N) is 1. The van der Waals surface area contributed by atoms with Crippen LogP contribution in [0, 0.1) is 6.92 Å². The van der Waals surface area contributed by atoms with Gasteiger partial charge in [0.25, 0.3) is 0 Å². The van der Waals surface area contributed by atoms with Gasteiger partial charge >= 0.3 is 0 Å². The summed E-state index contributed by atoms with van der Waals surface area (Å²) in [6, 6.07) is 5.32. The highest BCUT2D eigenvalue weighted by Crippen LogP contribution is 2.26. The van der Waals surface area contributed by atoms with Crippen LogP contribution in [0.1, 0.15) is 10.0 Å². The molecule has 8 heteroatoms. The summed E-state index contributed by atoms with van der Waals surface area (Å²) in [5.74, 6) is 0.946. The van der Waals surface area contributed by atoms with E-state index < -0.39 is 0 Å². The first-order valence-corrected chi connectivity index (χ1v) is 7.47. The van der Waals surface area contributed by atoms with Crippen molar-refractivity contribution in [2.75, 3.05) is 19.0 Å². The molecule has 1 aromatic carbocycles. The Hall–Kier alpha value is -1.86. The second-order valence-electron chi connectivity index (χ2n) is 4.21. The summed E-state index contributed by atoms with van der Waals surface area (Å²) in [4.78, 5) is 4.24. The number of guanidine groups is 1. The van der Waals surface area contributed by atoms with E-state index in [9.17, 15) is 0 Å². The molecule has 0 atom stereocenters. The lowest BCUT2D eigenvalue weighted by molar-refractivity contribution is 0.415. The summed E-state index contributed by atoms with van der Waals surface area (Å²) in [5, 5.41) is 13.4. The second kappa shape index (κ2) is 7.24. The normalized spacial score (nSPS) is 11.5. The predicted molar refractivity (Wildman–Crippen MR) is 86.5 cm³/mol. The van der Waals surface area contributed by atoms with E-state index in [0.717, 1.165) is 22.1 Å². The monoisotopic (exact) mass is 325 g/mol. The number of aryl methyl sites for hydroxylation is 1. The average Bonchev–Trinajstić information content (AvgIpc) is 2.84. The number of methoxy groups -OCH3 is 1. The zero-order valence-electron chi connectivity index (χ0n) is 11.8. The van der Waals surface area contributed by atoms with E-state index in [0.29, 0.717) is 23.3 Å². The molecule has 6 nitrogen and oxygen atoms in total. The van der Waals surface area contributed by atoms with Gasteiger partial charge < -0.3 is 15.8 Å². The lowest BCUT2D eigenvalue weighted by atomic mass is 10.3. The first-order chi connectivity index (χ1) is 10.1. The Morgan fingerprint density at radius 3 is 2.90 bits per heavy atom. The van der Waals surface area contributed by atoms with Gasteiger partial charge in [0.05, 0.1) is 12.1 Å². The van der Waals surface area contributed by atoms with E-state index in [4.69, 9.17) is 22.1 Å². The maximum atomic E-state index is 6.04. The predicted octanol–water partition coefficient (Wildman–Crippen LogP) is 2.48. The van der Waals surface area contributed by atoms with Gasteiger partial charge in [-0.25, -0.2) is 0 Å². The third-order valence-corrected chi connectivity index (χ3v) is 3.79. The van der Waals surface area contributed by atoms with Crippen LogP contribution in [0.25, 0.3) is 0 Å². The summed E-state index contributed by atoms with van der Waals surface area (Å²) in [5.41, 5.74) is 6.59. The number of aliphatic imine (C=N–C) groups is 1. The molecular formula is C13H16ClN5OS. The van der Waals surface area contributed by atoms with Gasteiger partial charge in [0.15, 0.2) is 5.96 Å². The largest absolute Gasteiger partial charge is 0.495 e. The highest BCUT2D eigenvalue weighted by Gasteiger charge is 2.03. The fourth-order valence-electron chi connectivity index (χ4n) is 1.64. The first kappa shape index (κ1) is 15.5. The zero-order valence-corrected chi connectivity index (χ0v) is 13.3. The minimum Gasteiger partial charge on any atom is -0.495 e. The number of aromatic nitrogens is 2. The van der Waals surface area contributed by atoms with Gasteiger partial charge in [0.2, 0.25) is 0 Å². The molecule has 0 aliphatic rings. The van der Waals surface area contributed by atoms with Gasteiger partial charge in [-0.3, -0.25) is 4.99 Å². The van der Waals surface area contributed by atoms with Crippen LogP contribution in [0.2, 0.25) is 5.02 Å². The standard InChI is InChI=1S/C13H16ClN5OS/c1-8-18-19-12(21-8)5-6-16-13(15)17-9-3-4-11(20-2)10(14)7-9/h3-4,7H,5-6H2,1-2H3,(H3,15,16,17). The van der Waals surface area contributed by atoms with Crippen LogP contribution in [0.4, 0.5) is 5.69 Å². The molecule has 1 aromatic heterocycles. The molecule has 0 unspecified atom stereocenters. The van der Waals surface area contributed by atoms with Gasteiger partial charge in [0, 0.05) is 18.7 Å². The number of rotatable bonds is 5. The highest BCUT2D eigenvalue weighted by atomic mass is 35.5. The number of ether oxygens (including phenoxy) is 1. The lowest BCUT2D eigenvalue weighted by Crippen LogP contribution is -2.23. The number of benzene rings is 1. The molecule has 0 aliphatic carbocycles. The quantitative estimate of drug-likeness (QED) is 0.651. The maximum Gasteiger partial charge on any atom is 0.193 e. The number of nitrogens with zero attached hydrogens (tertiary/aromatic N) is 3. The molecule has 0 saturated heterocycles. The van der Waals surface area contributed by atoms with Crippen LogP contribution < -0.4 is 15.8 Å². The molecule has 1 heterocycles. The first-order valence-electron chi connectivity index (χ1n) is 6.28. The Kier molecular flexibility index (Phi) is 5.35. The van der Waals surface area contributed by atoms with Gasteiger partial charge in [-0.15, -0.1) is 21.5 Å². The molecule has 2 rings (SSSR count). The summed E-state index contributed by atoms with van der Waals surface area (Å²) >= 11 is 7.61. The fraction of sp³-hybridized carbons (Fsp3) is 0.308. The third kappa shape index (κ3) is 4.57. The van der Waals surface area contributed by atoms with Crippen LogP contribution in [0.3, 0.4) is 0 Å². The van der Waals surface area contributed by atoms with Crippen LogP contribution in [0.15, 0.2) is 23.2 Å². The Balaban J connectivity index is 1.89. The van der Waals surface area contributed by atoms with E-state index in [1.165, 1.54) is 0 Å². The Morgan fingerprint density at radius 2 is 2.29 bits per heavy atom. The number of hydrogen-bond acceptors (Lipinski definition) is 5. The molecule has 0 amide bonds. The number of nitrogens with one attached hydrogen (secondary N) is 1. The SMILES string of the molecule is COc1ccc(NC(N)=NCCc2nnc(C)s2)cc1Cl. The van der Waals surface area contributed by atoms with Crippen molar-refractivity contribution in [3.63, 3.8) is 0 Å². The van der Waals surface area contributed by atoms with Crippen molar-refractivity contribution in [3.05, 3.63) is 33.2 Å². The van der Waals surface area contributed by atoms with E-state index >= 15 is 0 Å². The second-order valence-corrected chi connectivity index (χ2v) is 5.88. The number of anilines is 1. The Bertz CT molecular complexity index is 643. The summed E-state index contributed by atoms with van der Waals surface area (Å²) < 4.78 is 5.09. The molecule has 0 saturated carbocycles. The molecule has 3 N–H and O–H groups in total. The maximum absolute atomic E-state index is 6.04. The molecule has 0 radical (unpaired) electrons. The van der Waals surface area contributed by atoms with Crippen molar-refractivity contribution >= 4 is 34.6 Å². The van der Waals surface area contributed by atoms with Gasteiger partial charge in [-0.2, -0.15) is 0 Å². The minimum absolute atomic E-state index is 0.331. The zero-order chi connectivity index (χ0) is 15.2. The summed E-state index contributed by atoms with van der Waals surface area (Å²) in [7, 11) is 1.57. The van der Waals surface area contributed by atoms with Crippen LogP contribution in [0.5, 0.6) is 5.75 Å². The molecule has 21 heavy (non-hydrogen) atoms. The molecule has 2 aromatic rings. The van der Waals surface area contributed by atoms with Crippen molar-refractivity contribution in [2.24, 2.45) is 10.7 Å². The molecule has 0 aliphatic heterocycles. The van der Waals surface area contributed by atoms with Crippen LogP contribution in [-0.2, 0) is 6.42 Å². The molecule has 112 valence electrons. The third-order valence-electron chi connectivity index (χ3n) is 2.60. The Labute approximate surface area is 132 Å². The van der Waals surface area contributed by atoms with E-state index in [1.54, 1.807) is 30.6 Å². The average molecular weight is 326 g/mol. The summed E-state index contributed by atoms with van der Waals surface area (Å²) in [6.45, 7) is 2.48. The lowest BCUT2D eigenvalue weighted by Gasteiger charge is -2.08. The van der Waals surface area contributed by atoms with Crippen molar-refractivity contribution in [3.8, 4) is 5.75 Å². The van der Waals surface area contributed by atoms with Crippen molar-refractivity contribution in [1.82, 2.24) is 10.2 Å². The van der Waals surface area contributed by atoms with E-state index in [1.807, 2.05) is 13.0 Å². The fourth-order valence-corrected chi connectivity index (χ4v) is 2.60. The topological polar surface area (TPSA) is 85.4 Å².